The van der Waals surface area contributed by atoms with Gasteiger partial charge in [0, 0.05) is 12.6 Å². The van der Waals surface area contributed by atoms with Crippen LogP contribution in [0.2, 0.25) is 0 Å². The lowest BCUT2D eigenvalue weighted by Crippen LogP contribution is -2.37. The van der Waals surface area contributed by atoms with Gasteiger partial charge >= 0.3 is 0 Å². The van der Waals surface area contributed by atoms with Crippen LogP contribution in [-0.2, 0) is 9.84 Å². The third-order valence-electron chi connectivity index (χ3n) is 4.76. The number of benzene rings is 1. The molecule has 132 valence electrons. The lowest BCUT2D eigenvalue weighted by atomic mass is 10.1. The first-order valence-electron chi connectivity index (χ1n) is 8.27. The van der Waals surface area contributed by atoms with Gasteiger partial charge in [-0.25, -0.2) is 8.42 Å². The Balaban J connectivity index is 2.03. The average Bonchev–Trinajstić information content (AvgIpc) is 3.14. The van der Waals surface area contributed by atoms with Crippen molar-refractivity contribution in [2.75, 3.05) is 23.0 Å². The Morgan fingerprint density at radius 3 is 2.72 bits per heavy atom. The van der Waals surface area contributed by atoms with Crippen LogP contribution in [0.5, 0.6) is 0 Å². The van der Waals surface area contributed by atoms with Crippen LogP contribution in [0, 0.1) is 25.2 Å². The van der Waals surface area contributed by atoms with Crippen LogP contribution in [0.4, 0.5) is 5.82 Å². The van der Waals surface area contributed by atoms with Gasteiger partial charge in [-0.05, 0) is 44.4 Å². The molecule has 1 aliphatic rings. The van der Waals surface area contributed by atoms with Gasteiger partial charge in [0.15, 0.2) is 15.7 Å². The van der Waals surface area contributed by atoms with E-state index < -0.39 is 9.84 Å². The molecule has 1 aromatic heterocycles. The molecule has 0 amide bonds. The maximum atomic E-state index is 11.8. The molecule has 2 aromatic rings. The summed E-state index contributed by atoms with van der Waals surface area (Å²) in [5.74, 6) is 0.733. The van der Waals surface area contributed by atoms with Gasteiger partial charge in [0.2, 0.25) is 5.69 Å². The van der Waals surface area contributed by atoms with Crippen LogP contribution in [0.15, 0.2) is 18.2 Å². The molecule has 25 heavy (non-hydrogen) atoms. The second kappa shape index (κ2) is 6.48. The maximum Gasteiger partial charge on any atom is 0.207 e. The Morgan fingerprint density at radius 2 is 2.12 bits per heavy atom. The van der Waals surface area contributed by atoms with E-state index >= 15 is 0 Å². The standard InChI is InChI=1S/C17H21N5O2S/c1-4-21(14-8-9-25(23,24)11-14)17-15(10-18)19-22(20-17)16-7-5-6-12(2)13(16)3/h5-7,14H,4,8-9,11H2,1-3H3. The largest absolute Gasteiger partial charge is 0.349 e. The monoisotopic (exact) mass is 359 g/mol. The quantitative estimate of drug-likeness (QED) is 0.826. The van der Waals surface area contributed by atoms with Crippen molar-refractivity contribution < 1.29 is 8.42 Å². The summed E-state index contributed by atoms with van der Waals surface area (Å²) in [7, 11) is -3.02. The molecule has 1 saturated heterocycles. The van der Waals surface area contributed by atoms with E-state index in [0.29, 0.717) is 18.8 Å². The van der Waals surface area contributed by atoms with Crippen LogP contribution in [0.1, 0.15) is 30.2 Å². The molecule has 1 unspecified atom stereocenters. The van der Waals surface area contributed by atoms with Gasteiger partial charge in [0.25, 0.3) is 0 Å². The Kier molecular flexibility index (Phi) is 4.52. The second-order valence-electron chi connectivity index (χ2n) is 6.34. The number of sulfone groups is 1. The van der Waals surface area contributed by atoms with Gasteiger partial charge in [-0.2, -0.15) is 5.26 Å². The van der Waals surface area contributed by atoms with E-state index in [0.717, 1.165) is 16.8 Å². The smallest absolute Gasteiger partial charge is 0.207 e. The van der Waals surface area contributed by atoms with Crippen molar-refractivity contribution in [3.63, 3.8) is 0 Å². The van der Waals surface area contributed by atoms with Crippen LogP contribution in [0.3, 0.4) is 0 Å². The van der Waals surface area contributed by atoms with Crippen molar-refractivity contribution in [1.29, 1.82) is 5.26 Å². The molecular weight excluding hydrogens is 338 g/mol. The highest BCUT2D eigenvalue weighted by Crippen LogP contribution is 2.26. The van der Waals surface area contributed by atoms with E-state index in [9.17, 15) is 13.7 Å². The zero-order valence-electron chi connectivity index (χ0n) is 14.6. The summed E-state index contributed by atoms with van der Waals surface area (Å²) in [6, 6.07) is 7.77. The molecule has 1 atom stereocenters. The molecule has 0 saturated carbocycles. The lowest BCUT2D eigenvalue weighted by Gasteiger charge is -2.26. The highest BCUT2D eigenvalue weighted by atomic mass is 32.2. The third kappa shape index (κ3) is 3.24. The van der Waals surface area contributed by atoms with E-state index in [1.807, 2.05) is 43.9 Å². The molecule has 1 aromatic carbocycles. The molecule has 0 spiro atoms. The number of hydrogen-bond donors (Lipinski definition) is 0. The van der Waals surface area contributed by atoms with E-state index in [1.54, 1.807) is 0 Å². The van der Waals surface area contributed by atoms with Crippen molar-refractivity contribution in [2.45, 2.75) is 33.2 Å². The third-order valence-corrected chi connectivity index (χ3v) is 6.51. The summed E-state index contributed by atoms with van der Waals surface area (Å²) in [6.45, 7) is 6.50. The van der Waals surface area contributed by atoms with Gasteiger partial charge in [-0.15, -0.1) is 15.0 Å². The van der Waals surface area contributed by atoms with E-state index in [4.69, 9.17) is 0 Å². The first-order valence-corrected chi connectivity index (χ1v) is 10.1. The minimum Gasteiger partial charge on any atom is -0.349 e. The van der Waals surface area contributed by atoms with Crippen molar-refractivity contribution in [3.8, 4) is 11.8 Å². The average molecular weight is 359 g/mol. The minimum atomic E-state index is -3.02. The molecule has 0 radical (unpaired) electrons. The fourth-order valence-corrected chi connectivity index (χ4v) is 4.96. The Hall–Kier alpha value is -2.40. The minimum absolute atomic E-state index is 0.0992. The number of nitrogens with zero attached hydrogens (tertiary/aromatic N) is 5. The first-order chi connectivity index (χ1) is 11.9. The first kappa shape index (κ1) is 17.4. The van der Waals surface area contributed by atoms with Gasteiger partial charge < -0.3 is 4.90 Å². The van der Waals surface area contributed by atoms with Gasteiger partial charge in [0.1, 0.15) is 6.07 Å². The Bertz CT molecular complexity index is 942. The van der Waals surface area contributed by atoms with E-state index in [-0.39, 0.29) is 23.2 Å². The number of aromatic nitrogens is 3. The molecular formula is C17H21N5O2S. The maximum absolute atomic E-state index is 11.8. The van der Waals surface area contributed by atoms with Crippen molar-refractivity contribution >= 4 is 15.7 Å². The molecule has 0 aliphatic carbocycles. The summed E-state index contributed by atoms with van der Waals surface area (Å²) in [6.07, 6.45) is 0.553. The summed E-state index contributed by atoms with van der Waals surface area (Å²) < 4.78 is 23.6. The van der Waals surface area contributed by atoms with Crippen molar-refractivity contribution in [2.24, 2.45) is 0 Å². The molecule has 0 N–H and O–H groups in total. The van der Waals surface area contributed by atoms with E-state index in [1.165, 1.54) is 4.80 Å². The number of rotatable bonds is 4. The number of aryl methyl sites for hydroxylation is 1. The Labute approximate surface area is 147 Å². The summed E-state index contributed by atoms with van der Waals surface area (Å²) >= 11 is 0. The second-order valence-corrected chi connectivity index (χ2v) is 8.56. The molecule has 1 fully saturated rings. The Morgan fingerprint density at radius 1 is 1.36 bits per heavy atom. The summed E-state index contributed by atoms with van der Waals surface area (Å²) in [4.78, 5) is 3.36. The van der Waals surface area contributed by atoms with Crippen LogP contribution < -0.4 is 4.90 Å². The number of nitriles is 1. The van der Waals surface area contributed by atoms with Crippen molar-refractivity contribution in [3.05, 3.63) is 35.0 Å². The van der Waals surface area contributed by atoms with Crippen LogP contribution in [0.25, 0.3) is 5.69 Å². The topological polar surface area (TPSA) is 91.9 Å². The normalized spacial score (nSPS) is 18.9. The van der Waals surface area contributed by atoms with Gasteiger partial charge in [0.05, 0.1) is 17.2 Å². The molecule has 7 nitrogen and oxygen atoms in total. The summed E-state index contributed by atoms with van der Waals surface area (Å²) in [5, 5.41) is 18.3. The highest BCUT2D eigenvalue weighted by molar-refractivity contribution is 7.91. The van der Waals surface area contributed by atoms with Crippen LogP contribution in [-0.4, -0.2) is 47.5 Å². The van der Waals surface area contributed by atoms with Gasteiger partial charge in [-0.1, -0.05) is 12.1 Å². The molecule has 8 heteroatoms. The van der Waals surface area contributed by atoms with Gasteiger partial charge in [-0.3, -0.25) is 0 Å². The lowest BCUT2D eigenvalue weighted by molar-refractivity contribution is 0.599. The zero-order valence-corrected chi connectivity index (χ0v) is 15.4. The van der Waals surface area contributed by atoms with Crippen molar-refractivity contribution in [1.82, 2.24) is 15.0 Å². The molecule has 3 rings (SSSR count). The fraction of sp³-hybridized carbons (Fsp3) is 0.471. The van der Waals surface area contributed by atoms with E-state index in [2.05, 4.69) is 16.3 Å². The fourth-order valence-electron chi connectivity index (χ4n) is 3.23. The predicted octanol–water partition coefficient (Wildman–Crippen LogP) is 1.77. The zero-order chi connectivity index (χ0) is 18.2. The highest BCUT2D eigenvalue weighted by Gasteiger charge is 2.34. The van der Waals surface area contributed by atoms with Crippen LogP contribution >= 0.6 is 0 Å². The molecule has 1 aliphatic heterocycles. The number of hydrogen-bond acceptors (Lipinski definition) is 6. The molecule has 2 heterocycles. The SMILES string of the molecule is CCN(c1nn(-c2cccc(C)c2C)nc1C#N)C1CCS(=O)(=O)C1. The predicted molar refractivity (Wildman–Crippen MR) is 95.6 cm³/mol. The molecule has 0 bridgehead atoms. The summed E-state index contributed by atoms with van der Waals surface area (Å²) in [5.41, 5.74) is 3.19. The number of anilines is 1.